The zero-order chi connectivity index (χ0) is 14.4. The molecule has 0 saturated heterocycles. The second-order valence-electron chi connectivity index (χ2n) is 4.88. The van der Waals surface area contributed by atoms with E-state index in [4.69, 9.17) is 4.74 Å². The van der Waals surface area contributed by atoms with E-state index >= 15 is 0 Å². The predicted octanol–water partition coefficient (Wildman–Crippen LogP) is 3.84. The van der Waals surface area contributed by atoms with Crippen LogP contribution >= 0.6 is 11.3 Å². The Kier molecular flexibility index (Phi) is 5.56. The highest BCUT2D eigenvalue weighted by atomic mass is 32.1. The minimum atomic E-state index is 0.544. The lowest BCUT2D eigenvalue weighted by Crippen LogP contribution is -2.12. The number of ether oxygens (including phenoxy) is 1. The maximum absolute atomic E-state index is 5.87. The first-order valence-corrected chi connectivity index (χ1v) is 7.85. The third kappa shape index (κ3) is 4.05. The molecule has 0 bridgehead atoms. The van der Waals surface area contributed by atoms with Gasteiger partial charge in [-0.2, -0.15) is 0 Å². The Morgan fingerprint density at radius 3 is 2.95 bits per heavy atom. The van der Waals surface area contributed by atoms with E-state index in [0.29, 0.717) is 6.61 Å². The van der Waals surface area contributed by atoms with Crippen molar-refractivity contribution in [2.75, 3.05) is 6.54 Å². The van der Waals surface area contributed by atoms with Crippen LogP contribution < -0.4 is 10.1 Å². The van der Waals surface area contributed by atoms with Gasteiger partial charge in [0, 0.05) is 17.6 Å². The van der Waals surface area contributed by atoms with Crippen molar-refractivity contribution in [3.05, 3.63) is 45.4 Å². The molecule has 0 radical (unpaired) electrons. The summed E-state index contributed by atoms with van der Waals surface area (Å²) in [5.74, 6) is 0.950. The SMILES string of the molecule is CCCNCc1cnc(COc2cccc(C)c2C)s1. The Morgan fingerprint density at radius 2 is 2.15 bits per heavy atom. The summed E-state index contributed by atoms with van der Waals surface area (Å²) in [5, 5.41) is 4.41. The van der Waals surface area contributed by atoms with Gasteiger partial charge in [0.1, 0.15) is 17.4 Å². The normalized spacial score (nSPS) is 10.8. The third-order valence-electron chi connectivity index (χ3n) is 3.23. The fourth-order valence-corrected chi connectivity index (χ4v) is 2.71. The summed E-state index contributed by atoms with van der Waals surface area (Å²) in [4.78, 5) is 5.68. The van der Waals surface area contributed by atoms with Gasteiger partial charge in [0.05, 0.1) is 0 Å². The molecule has 0 aliphatic rings. The van der Waals surface area contributed by atoms with Gasteiger partial charge in [-0.3, -0.25) is 0 Å². The van der Waals surface area contributed by atoms with E-state index in [2.05, 4.69) is 37.1 Å². The summed E-state index contributed by atoms with van der Waals surface area (Å²) in [6.45, 7) is 8.85. The van der Waals surface area contributed by atoms with Crippen LogP contribution in [-0.2, 0) is 13.2 Å². The van der Waals surface area contributed by atoms with Crippen LogP contribution in [0.2, 0.25) is 0 Å². The van der Waals surface area contributed by atoms with Crippen LogP contribution in [0.25, 0.3) is 0 Å². The van der Waals surface area contributed by atoms with E-state index < -0.39 is 0 Å². The van der Waals surface area contributed by atoms with E-state index in [0.717, 1.165) is 30.3 Å². The summed E-state index contributed by atoms with van der Waals surface area (Å²) < 4.78 is 5.87. The third-order valence-corrected chi connectivity index (χ3v) is 4.20. The first-order chi connectivity index (χ1) is 9.70. The second kappa shape index (κ2) is 7.41. The van der Waals surface area contributed by atoms with Crippen LogP contribution in [0.4, 0.5) is 0 Å². The highest BCUT2D eigenvalue weighted by Crippen LogP contribution is 2.22. The van der Waals surface area contributed by atoms with Crippen molar-refractivity contribution >= 4 is 11.3 Å². The van der Waals surface area contributed by atoms with E-state index in [9.17, 15) is 0 Å². The number of nitrogens with one attached hydrogen (secondary N) is 1. The van der Waals surface area contributed by atoms with Crippen LogP contribution in [0.3, 0.4) is 0 Å². The van der Waals surface area contributed by atoms with Crippen LogP contribution in [0.5, 0.6) is 5.75 Å². The van der Waals surface area contributed by atoms with Gasteiger partial charge >= 0.3 is 0 Å². The Labute approximate surface area is 125 Å². The van der Waals surface area contributed by atoms with Gasteiger partial charge in [0.2, 0.25) is 0 Å². The Balaban J connectivity index is 1.89. The maximum atomic E-state index is 5.87. The van der Waals surface area contributed by atoms with Gasteiger partial charge in [-0.15, -0.1) is 11.3 Å². The number of aryl methyl sites for hydroxylation is 1. The molecule has 1 heterocycles. The predicted molar refractivity (Wildman–Crippen MR) is 84.4 cm³/mol. The quantitative estimate of drug-likeness (QED) is 0.787. The molecule has 0 amide bonds. The van der Waals surface area contributed by atoms with E-state index in [1.54, 1.807) is 11.3 Å². The highest BCUT2D eigenvalue weighted by molar-refractivity contribution is 7.11. The number of thiazole rings is 1. The Morgan fingerprint density at radius 1 is 1.30 bits per heavy atom. The number of hydrogen-bond donors (Lipinski definition) is 1. The van der Waals surface area contributed by atoms with Crippen molar-refractivity contribution in [2.45, 2.75) is 40.3 Å². The molecule has 0 aliphatic heterocycles. The first kappa shape index (κ1) is 15.0. The molecule has 1 aromatic heterocycles. The van der Waals surface area contributed by atoms with Crippen LogP contribution in [0.15, 0.2) is 24.4 Å². The number of nitrogens with zero attached hydrogens (tertiary/aromatic N) is 1. The molecule has 0 atom stereocenters. The minimum Gasteiger partial charge on any atom is -0.486 e. The molecule has 0 spiro atoms. The van der Waals surface area contributed by atoms with E-state index in [1.165, 1.54) is 16.0 Å². The van der Waals surface area contributed by atoms with Crippen molar-refractivity contribution in [1.29, 1.82) is 0 Å². The lowest BCUT2D eigenvalue weighted by molar-refractivity contribution is 0.303. The van der Waals surface area contributed by atoms with Crippen molar-refractivity contribution < 1.29 is 4.74 Å². The average molecular weight is 290 g/mol. The fraction of sp³-hybridized carbons (Fsp3) is 0.438. The molecular weight excluding hydrogens is 268 g/mol. The molecule has 3 nitrogen and oxygen atoms in total. The Bertz CT molecular complexity index is 551. The standard InChI is InChI=1S/C16H22N2OS/c1-4-8-17-9-14-10-18-16(20-14)11-19-15-7-5-6-12(2)13(15)3/h5-7,10,17H,4,8-9,11H2,1-3H3. The molecule has 108 valence electrons. The maximum Gasteiger partial charge on any atom is 0.140 e. The van der Waals surface area contributed by atoms with Crippen molar-refractivity contribution in [1.82, 2.24) is 10.3 Å². The molecule has 0 aliphatic carbocycles. The van der Waals surface area contributed by atoms with Gasteiger partial charge in [0.25, 0.3) is 0 Å². The van der Waals surface area contributed by atoms with E-state index in [1.807, 2.05) is 18.3 Å². The largest absolute Gasteiger partial charge is 0.486 e. The van der Waals surface area contributed by atoms with Crippen LogP contribution in [-0.4, -0.2) is 11.5 Å². The zero-order valence-electron chi connectivity index (χ0n) is 12.4. The van der Waals surface area contributed by atoms with Crippen LogP contribution in [0, 0.1) is 13.8 Å². The number of rotatable bonds is 7. The molecule has 0 unspecified atom stereocenters. The van der Waals surface area contributed by atoms with Gasteiger partial charge in [-0.25, -0.2) is 4.98 Å². The Hall–Kier alpha value is -1.39. The van der Waals surface area contributed by atoms with E-state index in [-0.39, 0.29) is 0 Å². The van der Waals surface area contributed by atoms with Gasteiger partial charge in [0.15, 0.2) is 0 Å². The molecule has 2 rings (SSSR count). The van der Waals surface area contributed by atoms with Gasteiger partial charge in [-0.05, 0) is 44.0 Å². The molecule has 1 N–H and O–H groups in total. The van der Waals surface area contributed by atoms with Crippen molar-refractivity contribution in [3.63, 3.8) is 0 Å². The summed E-state index contributed by atoms with van der Waals surface area (Å²) in [5.41, 5.74) is 2.46. The van der Waals surface area contributed by atoms with Gasteiger partial charge in [-0.1, -0.05) is 19.1 Å². The molecule has 4 heteroatoms. The molecule has 0 fully saturated rings. The summed E-state index contributed by atoms with van der Waals surface area (Å²) in [7, 11) is 0. The van der Waals surface area contributed by atoms with Crippen molar-refractivity contribution in [3.8, 4) is 5.75 Å². The average Bonchev–Trinajstić information content (AvgIpc) is 2.89. The molecule has 2 aromatic rings. The lowest BCUT2D eigenvalue weighted by Gasteiger charge is -2.09. The summed E-state index contributed by atoms with van der Waals surface area (Å²) >= 11 is 1.71. The monoisotopic (exact) mass is 290 g/mol. The first-order valence-electron chi connectivity index (χ1n) is 7.04. The summed E-state index contributed by atoms with van der Waals surface area (Å²) in [6.07, 6.45) is 3.09. The smallest absolute Gasteiger partial charge is 0.140 e. The molecule has 1 aromatic carbocycles. The number of benzene rings is 1. The number of hydrogen-bond acceptors (Lipinski definition) is 4. The van der Waals surface area contributed by atoms with Crippen molar-refractivity contribution in [2.24, 2.45) is 0 Å². The highest BCUT2D eigenvalue weighted by Gasteiger charge is 2.05. The second-order valence-corrected chi connectivity index (χ2v) is 6.08. The molecular formula is C16H22N2OS. The number of aromatic nitrogens is 1. The van der Waals surface area contributed by atoms with Gasteiger partial charge < -0.3 is 10.1 Å². The molecule has 0 saturated carbocycles. The lowest BCUT2D eigenvalue weighted by atomic mass is 10.1. The molecule has 20 heavy (non-hydrogen) atoms. The topological polar surface area (TPSA) is 34.2 Å². The minimum absolute atomic E-state index is 0.544. The zero-order valence-corrected chi connectivity index (χ0v) is 13.2. The fourth-order valence-electron chi connectivity index (χ4n) is 1.90. The van der Waals surface area contributed by atoms with Crippen LogP contribution in [0.1, 0.15) is 34.4 Å². The summed E-state index contributed by atoms with van der Waals surface area (Å²) in [6, 6.07) is 6.14.